The first-order valence-corrected chi connectivity index (χ1v) is 4.83. The molecule has 0 aliphatic carbocycles. The molecule has 0 spiro atoms. The van der Waals surface area contributed by atoms with Gasteiger partial charge < -0.3 is 15.6 Å². The van der Waals surface area contributed by atoms with Crippen LogP contribution in [-0.2, 0) is 11.3 Å². The summed E-state index contributed by atoms with van der Waals surface area (Å²) in [5.41, 5.74) is 6.50. The molecule has 0 aliphatic heterocycles. The van der Waals surface area contributed by atoms with Crippen molar-refractivity contribution in [3.63, 3.8) is 0 Å². The normalized spacial score (nSPS) is 12.7. The Bertz CT molecular complexity index is 238. The van der Waals surface area contributed by atoms with E-state index in [0.29, 0.717) is 19.6 Å². The van der Waals surface area contributed by atoms with Crippen LogP contribution >= 0.6 is 0 Å². The van der Waals surface area contributed by atoms with Gasteiger partial charge in [-0.05, 0) is 18.5 Å². The van der Waals surface area contributed by atoms with Gasteiger partial charge in [-0.15, -0.1) is 0 Å². The zero-order chi connectivity index (χ0) is 10.2. The molecule has 1 aromatic carbocycles. The Balaban J connectivity index is 2.32. The van der Waals surface area contributed by atoms with E-state index in [1.165, 1.54) is 0 Å². The van der Waals surface area contributed by atoms with Crippen molar-refractivity contribution in [1.29, 1.82) is 0 Å². The Morgan fingerprint density at radius 3 is 2.57 bits per heavy atom. The van der Waals surface area contributed by atoms with E-state index in [0.717, 1.165) is 5.56 Å². The fourth-order valence-electron chi connectivity index (χ4n) is 1.20. The summed E-state index contributed by atoms with van der Waals surface area (Å²) in [6, 6.07) is 9.89. The largest absolute Gasteiger partial charge is 0.394 e. The summed E-state index contributed by atoms with van der Waals surface area (Å²) < 4.78 is 5.49. The highest BCUT2D eigenvalue weighted by atomic mass is 16.5. The lowest BCUT2D eigenvalue weighted by Gasteiger charge is -2.14. The number of hydrogen-bond donors (Lipinski definition) is 2. The number of nitrogens with two attached hydrogens (primary N) is 1. The van der Waals surface area contributed by atoms with Gasteiger partial charge in [-0.1, -0.05) is 30.3 Å². The minimum atomic E-state index is -0.139. The average molecular weight is 195 g/mol. The van der Waals surface area contributed by atoms with Crippen molar-refractivity contribution < 1.29 is 9.84 Å². The molecule has 0 saturated carbocycles. The highest BCUT2D eigenvalue weighted by Gasteiger charge is 2.05. The average Bonchev–Trinajstić information content (AvgIpc) is 2.25. The molecule has 0 radical (unpaired) electrons. The van der Waals surface area contributed by atoms with Crippen molar-refractivity contribution in [2.24, 2.45) is 5.73 Å². The van der Waals surface area contributed by atoms with Crippen LogP contribution in [0.3, 0.4) is 0 Å². The van der Waals surface area contributed by atoms with Gasteiger partial charge in [0.25, 0.3) is 0 Å². The number of aliphatic hydroxyl groups excluding tert-OH is 1. The first-order chi connectivity index (χ1) is 6.86. The first kappa shape index (κ1) is 11.2. The van der Waals surface area contributed by atoms with Crippen LogP contribution in [0.4, 0.5) is 0 Å². The number of hydrogen-bond acceptors (Lipinski definition) is 3. The Labute approximate surface area is 84.5 Å². The summed E-state index contributed by atoms with van der Waals surface area (Å²) in [5, 5.41) is 8.95. The minimum Gasteiger partial charge on any atom is -0.394 e. The topological polar surface area (TPSA) is 55.5 Å². The number of ether oxygens (including phenoxy) is 1. The molecular formula is C11H17NO2. The van der Waals surface area contributed by atoms with Crippen LogP contribution in [0, 0.1) is 0 Å². The van der Waals surface area contributed by atoms with Gasteiger partial charge >= 0.3 is 0 Å². The van der Waals surface area contributed by atoms with Gasteiger partial charge in [0.1, 0.15) is 0 Å². The van der Waals surface area contributed by atoms with Gasteiger partial charge in [-0.3, -0.25) is 0 Å². The molecule has 0 bridgehead atoms. The smallest absolute Gasteiger partial charge is 0.0822 e. The molecule has 3 N–H and O–H groups in total. The van der Waals surface area contributed by atoms with Crippen LogP contribution in [0.2, 0.25) is 0 Å². The van der Waals surface area contributed by atoms with Gasteiger partial charge in [0.2, 0.25) is 0 Å². The Hall–Kier alpha value is -0.900. The quantitative estimate of drug-likeness (QED) is 0.709. The molecule has 3 nitrogen and oxygen atoms in total. The summed E-state index contributed by atoms with van der Waals surface area (Å²) in [6.07, 6.45) is 0.559. The Morgan fingerprint density at radius 2 is 2.00 bits per heavy atom. The van der Waals surface area contributed by atoms with Gasteiger partial charge in [0.15, 0.2) is 0 Å². The summed E-state index contributed by atoms with van der Waals surface area (Å²) in [6.45, 7) is 1.11. The second-order valence-electron chi connectivity index (χ2n) is 3.18. The lowest BCUT2D eigenvalue weighted by atomic mass is 10.2. The standard InChI is InChI=1S/C11H17NO2/c12-7-6-11(8-13)14-9-10-4-2-1-3-5-10/h1-5,11,13H,6-9,12H2. The molecule has 1 atom stereocenters. The van der Waals surface area contributed by atoms with Crippen LogP contribution in [0.15, 0.2) is 30.3 Å². The third kappa shape index (κ3) is 3.87. The fourth-order valence-corrected chi connectivity index (χ4v) is 1.20. The van der Waals surface area contributed by atoms with Gasteiger partial charge in [0, 0.05) is 0 Å². The second-order valence-corrected chi connectivity index (χ2v) is 3.18. The molecule has 1 aromatic rings. The monoisotopic (exact) mass is 195 g/mol. The zero-order valence-corrected chi connectivity index (χ0v) is 8.23. The lowest BCUT2D eigenvalue weighted by Crippen LogP contribution is -2.21. The molecule has 78 valence electrons. The van der Waals surface area contributed by atoms with Crippen molar-refractivity contribution in [2.45, 2.75) is 19.1 Å². The summed E-state index contributed by atoms with van der Waals surface area (Å²) in [4.78, 5) is 0. The molecule has 0 fully saturated rings. The first-order valence-electron chi connectivity index (χ1n) is 4.83. The Morgan fingerprint density at radius 1 is 1.29 bits per heavy atom. The van der Waals surface area contributed by atoms with Crippen LogP contribution in [0.25, 0.3) is 0 Å². The fraction of sp³-hybridized carbons (Fsp3) is 0.455. The maximum Gasteiger partial charge on any atom is 0.0822 e. The van der Waals surface area contributed by atoms with Crippen LogP contribution < -0.4 is 5.73 Å². The molecule has 0 aliphatic rings. The third-order valence-electron chi connectivity index (χ3n) is 2.02. The molecule has 1 rings (SSSR count). The van der Waals surface area contributed by atoms with Crippen molar-refractivity contribution in [2.75, 3.05) is 13.2 Å². The predicted octanol–water partition coefficient (Wildman–Crippen LogP) is 0.913. The molecular weight excluding hydrogens is 178 g/mol. The van der Waals surface area contributed by atoms with E-state index >= 15 is 0 Å². The van der Waals surface area contributed by atoms with Crippen LogP contribution in [0.1, 0.15) is 12.0 Å². The molecule has 3 heteroatoms. The van der Waals surface area contributed by atoms with Crippen LogP contribution in [-0.4, -0.2) is 24.4 Å². The Kier molecular flexibility index (Phi) is 5.22. The predicted molar refractivity (Wildman–Crippen MR) is 55.8 cm³/mol. The highest BCUT2D eigenvalue weighted by molar-refractivity contribution is 5.13. The summed E-state index contributed by atoms with van der Waals surface area (Å²) in [5.74, 6) is 0. The molecule has 1 unspecified atom stereocenters. The molecule has 0 heterocycles. The summed E-state index contributed by atoms with van der Waals surface area (Å²) in [7, 11) is 0. The number of benzene rings is 1. The summed E-state index contributed by atoms with van der Waals surface area (Å²) >= 11 is 0. The molecule has 14 heavy (non-hydrogen) atoms. The maximum absolute atomic E-state index is 8.95. The van der Waals surface area contributed by atoms with Crippen molar-refractivity contribution in [3.8, 4) is 0 Å². The van der Waals surface area contributed by atoms with E-state index in [2.05, 4.69) is 0 Å². The minimum absolute atomic E-state index is 0.0318. The number of rotatable bonds is 6. The van der Waals surface area contributed by atoms with Gasteiger partial charge in [-0.2, -0.15) is 0 Å². The van der Waals surface area contributed by atoms with Crippen LogP contribution in [0.5, 0.6) is 0 Å². The van der Waals surface area contributed by atoms with Gasteiger partial charge in [-0.25, -0.2) is 0 Å². The van der Waals surface area contributed by atoms with E-state index in [-0.39, 0.29) is 12.7 Å². The second kappa shape index (κ2) is 6.54. The van der Waals surface area contributed by atoms with E-state index in [1.807, 2.05) is 30.3 Å². The lowest BCUT2D eigenvalue weighted by molar-refractivity contribution is -0.000605. The van der Waals surface area contributed by atoms with E-state index in [4.69, 9.17) is 15.6 Å². The molecule has 0 aromatic heterocycles. The highest BCUT2D eigenvalue weighted by Crippen LogP contribution is 2.04. The van der Waals surface area contributed by atoms with E-state index in [1.54, 1.807) is 0 Å². The molecule has 0 saturated heterocycles. The van der Waals surface area contributed by atoms with Gasteiger partial charge in [0.05, 0.1) is 19.3 Å². The van der Waals surface area contributed by atoms with E-state index in [9.17, 15) is 0 Å². The van der Waals surface area contributed by atoms with Crippen molar-refractivity contribution in [3.05, 3.63) is 35.9 Å². The number of aliphatic hydroxyl groups is 1. The zero-order valence-electron chi connectivity index (χ0n) is 8.23. The van der Waals surface area contributed by atoms with E-state index < -0.39 is 0 Å². The molecule has 0 amide bonds. The SMILES string of the molecule is NCCC(CO)OCc1ccccc1. The maximum atomic E-state index is 8.95. The van der Waals surface area contributed by atoms with Crippen molar-refractivity contribution >= 4 is 0 Å². The van der Waals surface area contributed by atoms with Crippen molar-refractivity contribution in [1.82, 2.24) is 0 Å². The third-order valence-corrected chi connectivity index (χ3v) is 2.02.